The number of methoxy groups -OCH3 is 1. The molecule has 3 rings (SSSR count). The van der Waals surface area contributed by atoms with E-state index in [2.05, 4.69) is 5.16 Å². The first-order valence-corrected chi connectivity index (χ1v) is 20.2. The molecule has 3 saturated heterocycles. The average Bonchev–Trinajstić information content (AvgIpc) is 3.11. The highest BCUT2D eigenvalue weighted by Gasteiger charge is 2.53. The summed E-state index contributed by atoms with van der Waals surface area (Å²) in [5.74, 6) is -3.90. The fraction of sp³-hybridized carbons (Fsp3) is 0.950. The van der Waals surface area contributed by atoms with Gasteiger partial charge in [0.05, 0.1) is 53.4 Å². The fourth-order valence-electron chi connectivity index (χ4n) is 8.81. The maximum atomic E-state index is 14.3. The molecule has 0 spiro atoms. The summed E-state index contributed by atoms with van der Waals surface area (Å²) in [5, 5.41) is 63.4. The van der Waals surface area contributed by atoms with Crippen LogP contribution in [0.15, 0.2) is 5.16 Å². The van der Waals surface area contributed by atoms with Crippen LogP contribution >= 0.6 is 0 Å². The molecule has 3 fully saturated rings. The van der Waals surface area contributed by atoms with Crippen LogP contribution in [-0.2, 0) is 38.1 Å². The zero-order valence-electron chi connectivity index (χ0n) is 35.8. The summed E-state index contributed by atoms with van der Waals surface area (Å²) < 4.78 is 37.6. The van der Waals surface area contributed by atoms with Gasteiger partial charge >= 0.3 is 5.97 Å². The van der Waals surface area contributed by atoms with Crippen LogP contribution in [0.3, 0.4) is 0 Å². The molecule has 0 aliphatic carbocycles. The van der Waals surface area contributed by atoms with Gasteiger partial charge in [0.15, 0.2) is 12.6 Å². The number of likely N-dealkylation sites (N-methyl/N-ethyl adjacent to an activating group) is 1. The summed E-state index contributed by atoms with van der Waals surface area (Å²) in [7, 11) is 5.24. The Balaban J connectivity index is 2.24. The molecular weight excluding hydrogens is 716 g/mol. The Morgan fingerprint density at radius 3 is 2.11 bits per heavy atom. The predicted octanol–water partition coefficient (Wildman–Crippen LogP) is 3.00. The van der Waals surface area contributed by atoms with Crippen LogP contribution in [0.5, 0.6) is 0 Å². The van der Waals surface area contributed by atoms with Crippen LogP contribution in [-0.4, -0.2) is 154 Å². The summed E-state index contributed by atoms with van der Waals surface area (Å²) in [4.78, 5) is 21.8. The SMILES string of the molecule is CCCO/N=C1\[C@H](C)C[C@@](C)(O)C(O[C@@H]2O[C@H](C)C[C@H](N(C)C)[C@H]2O)[C@@H](C)[C@H](O[C@H]2C[C@@](C)(OC)[C@@H](O)[C@H](C)O2)[C@@H](C)C(=O)O[C@H](CC)[C@@](C)(O)[C@H](O)[C@H]1C. The van der Waals surface area contributed by atoms with Crippen molar-refractivity contribution in [2.45, 2.75) is 193 Å². The molecule has 5 N–H and O–H groups in total. The van der Waals surface area contributed by atoms with Gasteiger partial charge in [-0.05, 0) is 81.3 Å². The number of esters is 1. The number of carbonyl (C=O) groups is 1. The Hall–Kier alpha value is -1.50. The Morgan fingerprint density at radius 2 is 1.55 bits per heavy atom. The Kier molecular flexibility index (Phi) is 17.0. The smallest absolute Gasteiger partial charge is 0.311 e. The maximum Gasteiger partial charge on any atom is 0.311 e. The third-order valence-electron chi connectivity index (χ3n) is 12.3. The number of rotatable bonds is 10. The standard InChI is InChI=1S/C40H74N2O13/c1-15-17-50-41-30-21(3)19-38(9,47)35(55-37-31(43)27(42(12)13)18-22(4)51-37)24(6)32(54-29-20-39(10,49-14)34(45)26(8)52-29)25(7)36(46)53-28(16-2)40(11,48)33(44)23(30)5/h21-29,31-35,37,43-45,47-48H,15-20H2,1-14H3/b41-30+/t21-,22-,23+,24+,25-,26+,27+,28-,29+,31-,32+,33-,34+,35?,37+,38-,39-,40-/m1/s1. The number of hydrogen-bond donors (Lipinski definition) is 5. The van der Waals surface area contributed by atoms with Crippen molar-refractivity contribution in [3.63, 3.8) is 0 Å². The second-order valence-corrected chi connectivity index (χ2v) is 17.4. The van der Waals surface area contributed by atoms with E-state index in [1.807, 2.05) is 39.8 Å². The van der Waals surface area contributed by atoms with Gasteiger partial charge in [-0.3, -0.25) is 4.79 Å². The Morgan fingerprint density at radius 1 is 0.909 bits per heavy atom. The number of cyclic esters (lactones) is 1. The summed E-state index contributed by atoms with van der Waals surface area (Å²) in [6, 6.07) is -0.307. The van der Waals surface area contributed by atoms with E-state index in [4.69, 9.17) is 33.3 Å². The summed E-state index contributed by atoms with van der Waals surface area (Å²) >= 11 is 0. The van der Waals surface area contributed by atoms with Crippen molar-refractivity contribution in [2.24, 2.45) is 28.8 Å². The lowest BCUT2D eigenvalue weighted by atomic mass is 9.73. The van der Waals surface area contributed by atoms with Gasteiger partial charge in [0.1, 0.15) is 30.5 Å². The van der Waals surface area contributed by atoms with Crippen molar-refractivity contribution in [1.82, 2.24) is 4.90 Å². The normalized spacial score (nSPS) is 47.7. The van der Waals surface area contributed by atoms with E-state index in [0.29, 0.717) is 25.2 Å². The maximum absolute atomic E-state index is 14.3. The van der Waals surface area contributed by atoms with Crippen LogP contribution in [0.2, 0.25) is 0 Å². The number of carbonyl (C=O) groups excluding carboxylic acids is 1. The molecule has 3 heterocycles. The number of nitrogens with zero attached hydrogens (tertiary/aromatic N) is 2. The van der Waals surface area contributed by atoms with Gasteiger partial charge in [-0.1, -0.05) is 39.8 Å². The molecule has 0 aromatic rings. The zero-order valence-corrected chi connectivity index (χ0v) is 35.8. The molecule has 0 aromatic carbocycles. The largest absolute Gasteiger partial charge is 0.459 e. The molecule has 15 nitrogen and oxygen atoms in total. The second kappa shape index (κ2) is 19.5. The highest BCUT2D eigenvalue weighted by molar-refractivity contribution is 5.88. The van der Waals surface area contributed by atoms with Crippen molar-refractivity contribution >= 4 is 11.7 Å². The van der Waals surface area contributed by atoms with Gasteiger partial charge in [-0.25, -0.2) is 0 Å². The summed E-state index contributed by atoms with van der Waals surface area (Å²) in [6.45, 7) is 19.4. The van der Waals surface area contributed by atoms with Gasteiger partial charge in [0.25, 0.3) is 0 Å². The predicted molar refractivity (Wildman–Crippen MR) is 205 cm³/mol. The monoisotopic (exact) mass is 791 g/mol. The molecule has 0 aromatic heterocycles. The van der Waals surface area contributed by atoms with Crippen molar-refractivity contribution in [1.29, 1.82) is 0 Å². The molecule has 0 saturated carbocycles. The molecule has 3 aliphatic rings. The van der Waals surface area contributed by atoms with E-state index < -0.39 is 102 Å². The minimum Gasteiger partial charge on any atom is -0.459 e. The van der Waals surface area contributed by atoms with Gasteiger partial charge in [-0.15, -0.1) is 0 Å². The first-order chi connectivity index (χ1) is 25.5. The second-order valence-electron chi connectivity index (χ2n) is 17.4. The Labute approximate surface area is 328 Å². The van der Waals surface area contributed by atoms with E-state index in [9.17, 15) is 30.3 Å². The van der Waals surface area contributed by atoms with Crippen LogP contribution in [0.1, 0.15) is 108 Å². The van der Waals surface area contributed by atoms with E-state index >= 15 is 0 Å². The van der Waals surface area contributed by atoms with E-state index in [-0.39, 0.29) is 31.4 Å². The van der Waals surface area contributed by atoms with Gasteiger partial charge < -0.3 is 63.7 Å². The highest BCUT2D eigenvalue weighted by Crippen LogP contribution is 2.41. The van der Waals surface area contributed by atoms with Gasteiger partial charge in [0, 0.05) is 37.3 Å². The summed E-state index contributed by atoms with van der Waals surface area (Å²) in [5.41, 5.74) is -4.28. The minimum absolute atomic E-state index is 0.0264. The van der Waals surface area contributed by atoms with Crippen LogP contribution in [0.4, 0.5) is 0 Å². The molecule has 1 unspecified atom stereocenters. The van der Waals surface area contributed by atoms with Gasteiger partial charge in [0.2, 0.25) is 0 Å². The third-order valence-corrected chi connectivity index (χ3v) is 12.3. The first-order valence-electron chi connectivity index (χ1n) is 20.2. The molecule has 3 aliphatic heterocycles. The highest BCUT2D eigenvalue weighted by atomic mass is 16.7. The molecule has 0 radical (unpaired) electrons. The quantitative estimate of drug-likeness (QED) is 0.123. The molecule has 18 atom stereocenters. The van der Waals surface area contributed by atoms with Crippen molar-refractivity contribution in [2.75, 3.05) is 27.8 Å². The number of aliphatic hydroxyl groups excluding tert-OH is 3. The Bertz CT molecular complexity index is 1250. The molecule has 0 bridgehead atoms. The molecule has 55 heavy (non-hydrogen) atoms. The molecule has 322 valence electrons. The lowest BCUT2D eigenvalue weighted by molar-refractivity contribution is -0.317. The summed E-state index contributed by atoms with van der Waals surface area (Å²) in [6.07, 6.45) is -8.40. The zero-order chi connectivity index (χ0) is 41.8. The van der Waals surface area contributed by atoms with Crippen LogP contribution in [0, 0.1) is 23.7 Å². The number of hydrogen-bond acceptors (Lipinski definition) is 15. The minimum atomic E-state index is -1.92. The lowest BCUT2D eigenvalue weighted by Gasteiger charge is -2.49. The topological polar surface area (TPSA) is 198 Å². The fourth-order valence-corrected chi connectivity index (χ4v) is 8.81. The van der Waals surface area contributed by atoms with Crippen LogP contribution in [0.25, 0.3) is 0 Å². The molecule has 15 heteroatoms. The number of oxime groups is 1. The first kappa shape index (κ1) is 47.9. The molecular formula is C40H74N2O13. The number of aliphatic hydroxyl groups is 5. The van der Waals surface area contributed by atoms with Crippen molar-refractivity contribution < 1.29 is 63.6 Å². The van der Waals surface area contributed by atoms with Gasteiger partial charge in [-0.2, -0.15) is 0 Å². The van der Waals surface area contributed by atoms with Crippen molar-refractivity contribution in [3.8, 4) is 0 Å². The van der Waals surface area contributed by atoms with Crippen molar-refractivity contribution in [3.05, 3.63) is 0 Å². The van der Waals surface area contributed by atoms with E-state index in [1.165, 1.54) is 14.0 Å². The van der Waals surface area contributed by atoms with Crippen LogP contribution < -0.4 is 0 Å². The lowest BCUT2D eigenvalue weighted by Crippen LogP contribution is -2.61. The average molecular weight is 791 g/mol. The number of ether oxygens (including phenoxy) is 6. The van der Waals surface area contributed by atoms with E-state index in [1.54, 1.807) is 48.5 Å². The van der Waals surface area contributed by atoms with E-state index in [0.717, 1.165) is 0 Å². The molecule has 0 amide bonds. The third kappa shape index (κ3) is 11.0.